The summed E-state index contributed by atoms with van der Waals surface area (Å²) in [5, 5.41) is 24.2. The molecule has 1 amide bonds. The number of aliphatic hydroxyl groups is 1. The molecule has 1 aliphatic rings. The van der Waals surface area contributed by atoms with Crippen LogP contribution in [0.3, 0.4) is 0 Å². The van der Waals surface area contributed by atoms with Crippen molar-refractivity contribution in [3.8, 4) is 28.7 Å². The Labute approximate surface area is 218 Å². The number of amides is 1. The van der Waals surface area contributed by atoms with Crippen molar-refractivity contribution in [3.63, 3.8) is 0 Å². The van der Waals surface area contributed by atoms with Gasteiger partial charge in [0.2, 0.25) is 0 Å². The molecule has 37 heavy (non-hydrogen) atoms. The van der Waals surface area contributed by atoms with Gasteiger partial charge in [-0.1, -0.05) is 17.7 Å². The predicted octanol–water partition coefficient (Wildman–Crippen LogP) is 5.27. The Balaban J connectivity index is 1.88. The molecule has 192 valence electrons. The molecule has 10 heteroatoms. The van der Waals surface area contributed by atoms with E-state index in [1.165, 1.54) is 37.6 Å². The molecule has 0 aliphatic carbocycles. The van der Waals surface area contributed by atoms with Crippen molar-refractivity contribution >= 4 is 17.7 Å². The maximum absolute atomic E-state index is 15.6. The molecule has 0 radical (unpaired) electrons. The van der Waals surface area contributed by atoms with Gasteiger partial charge in [0, 0.05) is 27.9 Å². The second kappa shape index (κ2) is 9.88. The van der Waals surface area contributed by atoms with Crippen LogP contribution >= 0.6 is 11.6 Å². The molecule has 2 heterocycles. The van der Waals surface area contributed by atoms with Crippen molar-refractivity contribution in [2.75, 3.05) is 13.7 Å². The van der Waals surface area contributed by atoms with Crippen molar-refractivity contribution in [2.24, 2.45) is 0 Å². The lowest BCUT2D eigenvalue weighted by molar-refractivity contribution is -0.0365. The number of methoxy groups -OCH3 is 1. The topological polar surface area (TPSA) is 114 Å². The van der Waals surface area contributed by atoms with Gasteiger partial charge in [0.1, 0.15) is 17.5 Å². The van der Waals surface area contributed by atoms with E-state index in [0.29, 0.717) is 5.69 Å². The number of halogens is 2. The predicted molar refractivity (Wildman–Crippen MR) is 134 cm³/mol. The van der Waals surface area contributed by atoms with Gasteiger partial charge in [-0.15, -0.1) is 0 Å². The van der Waals surface area contributed by atoms with E-state index in [0.717, 1.165) is 0 Å². The summed E-state index contributed by atoms with van der Waals surface area (Å²) < 4.78 is 32.3. The third-order valence-corrected chi connectivity index (χ3v) is 6.17. The number of nitrogens with zero attached hydrogens (tertiary/aromatic N) is 2. The summed E-state index contributed by atoms with van der Waals surface area (Å²) in [6.45, 7) is 4.93. The third kappa shape index (κ3) is 4.78. The second-order valence-corrected chi connectivity index (χ2v) is 9.82. The van der Waals surface area contributed by atoms with Crippen molar-refractivity contribution in [3.05, 3.63) is 76.3 Å². The number of nitriles is 1. The van der Waals surface area contributed by atoms with Crippen molar-refractivity contribution < 1.29 is 28.5 Å². The smallest absolute Gasteiger partial charge is 0.407 e. The Hall–Kier alpha value is -3.87. The van der Waals surface area contributed by atoms with Crippen LogP contribution in [0.15, 0.2) is 48.7 Å². The van der Waals surface area contributed by atoms with Gasteiger partial charge in [-0.05, 0) is 57.2 Å². The molecular formula is C27H25ClFN3O5. The molecule has 0 bridgehead atoms. The fraction of sp³-hybridized carbons (Fsp3) is 0.296. The molecule has 2 N–H and O–H groups in total. The number of pyridine rings is 1. The first-order chi connectivity index (χ1) is 17.5. The SMILES string of the molecule is COc1ccc(C#N)c(-c2c(Cl)ccc3c2C(O)C(CNC(=O)OC(C)(C)C)(c2ccccn2)O3)c1F. The van der Waals surface area contributed by atoms with Gasteiger partial charge >= 0.3 is 6.09 Å². The maximum atomic E-state index is 15.6. The van der Waals surface area contributed by atoms with Crippen LogP contribution in [0, 0.1) is 17.1 Å². The number of hydrogen-bond acceptors (Lipinski definition) is 7. The minimum atomic E-state index is -1.61. The molecule has 2 unspecified atom stereocenters. The number of benzene rings is 2. The van der Waals surface area contributed by atoms with Gasteiger partial charge in [0.25, 0.3) is 0 Å². The normalized spacial score (nSPS) is 18.4. The Kier molecular flexibility index (Phi) is 7.00. The van der Waals surface area contributed by atoms with Crippen molar-refractivity contribution in [1.29, 1.82) is 5.26 Å². The summed E-state index contributed by atoms with van der Waals surface area (Å²) in [5.41, 5.74) is -1.97. The summed E-state index contributed by atoms with van der Waals surface area (Å²) in [5.74, 6) is -0.723. The molecule has 2 atom stereocenters. The number of aliphatic hydroxyl groups excluding tert-OH is 1. The Morgan fingerprint density at radius 1 is 1.27 bits per heavy atom. The average molecular weight is 526 g/mol. The first-order valence-electron chi connectivity index (χ1n) is 11.4. The van der Waals surface area contributed by atoms with E-state index in [1.807, 2.05) is 6.07 Å². The fourth-order valence-corrected chi connectivity index (χ4v) is 4.53. The van der Waals surface area contributed by atoms with Crippen LogP contribution < -0.4 is 14.8 Å². The molecule has 0 saturated carbocycles. The number of carbonyl (C=O) groups is 1. The molecule has 1 aliphatic heterocycles. The van der Waals surface area contributed by atoms with Crippen LogP contribution in [-0.2, 0) is 10.3 Å². The molecule has 8 nitrogen and oxygen atoms in total. The summed E-state index contributed by atoms with van der Waals surface area (Å²) in [6, 6.07) is 12.8. The Bertz CT molecular complexity index is 1390. The monoisotopic (exact) mass is 525 g/mol. The number of aromatic nitrogens is 1. The van der Waals surface area contributed by atoms with E-state index in [9.17, 15) is 15.2 Å². The van der Waals surface area contributed by atoms with E-state index >= 15 is 4.39 Å². The first-order valence-corrected chi connectivity index (χ1v) is 11.7. The minimum Gasteiger partial charge on any atom is -0.494 e. The van der Waals surface area contributed by atoms with Gasteiger partial charge in [-0.2, -0.15) is 5.26 Å². The van der Waals surface area contributed by atoms with Gasteiger partial charge in [0.15, 0.2) is 17.2 Å². The molecule has 3 aromatic rings. The Morgan fingerprint density at radius 2 is 2.03 bits per heavy atom. The summed E-state index contributed by atoms with van der Waals surface area (Å²) in [7, 11) is 1.30. The van der Waals surface area contributed by atoms with E-state index in [-0.39, 0.29) is 45.3 Å². The van der Waals surface area contributed by atoms with E-state index in [4.69, 9.17) is 25.8 Å². The van der Waals surface area contributed by atoms with Crippen LogP contribution in [-0.4, -0.2) is 35.4 Å². The number of rotatable bonds is 5. The van der Waals surface area contributed by atoms with Gasteiger partial charge in [-0.25, -0.2) is 9.18 Å². The van der Waals surface area contributed by atoms with E-state index in [2.05, 4.69) is 10.3 Å². The van der Waals surface area contributed by atoms with Crippen LogP contribution in [0.4, 0.5) is 9.18 Å². The largest absolute Gasteiger partial charge is 0.494 e. The summed E-state index contributed by atoms with van der Waals surface area (Å²) in [6.07, 6.45) is -0.677. The van der Waals surface area contributed by atoms with Crippen LogP contribution in [0.2, 0.25) is 5.02 Å². The highest BCUT2D eigenvalue weighted by Crippen LogP contribution is 2.54. The van der Waals surface area contributed by atoms with Crippen LogP contribution in [0.5, 0.6) is 11.5 Å². The van der Waals surface area contributed by atoms with Gasteiger partial charge in [-0.3, -0.25) is 4.98 Å². The lowest BCUT2D eigenvalue weighted by Crippen LogP contribution is -2.48. The molecular weight excluding hydrogens is 501 g/mol. The summed E-state index contributed by atoms with van der Waals surface area (Å²) in [4.78, 5) is 16.9. The van der Waals surface area contributed by atoms with Crippen molar-refractivity contribution in [1.82, 2.24) is 10.3 Å². The third-order valence-electron chi connectivity index (χ3n) is 5.85. The zero-order chi connectivity index (χ0) is 27.0. The quantitative estimate of drug-likeness (QED) is 0.466. The number of fused-ring (bicyclic) bond motifs is 1. The fourth-order valence-electron chi connectivity index (χ4n) is 4.27. The molecule has 0 saturated heterocycles. The first kappa shape index (κ1) is 26.2. The number of hydrogen-bond donors (Lipinski definition) is 2. The summed E-state index contributed by atoms with van der Waals surface area (Å²) >= 11 is 6.55. The highest BCUT2D eigenvalue weighted by molar-refractivity contribution is 6.33. The lowest BCUT2D eigenvalue weighted by atomic mass is 9.85. The minimum absolute atomic E-state index is 0.0111. The van der Waals surface area contributed by atoms with Gasteiger partial charge in [0.05, 0.1) is 31.0 Å². The van der Waals surface area contributed by atoms with Crippen LogP contribution in [0.1, 0.15) is 43.7 Å². The molecule has 1 aromatic heterocycles. The molecule has 2 aromatic carbocycles. The van der Waals surface area contributed by atoms with E-state index in [1.54, 1.807) is 39.0 Å². The average Bonchev–Trinajstić information content (AvgIpc) is 3.15. The highest BCUT2D eigenvalue weighted by Gasteiger charge is 2.52. The standard InChI is InChI=1S/C27H25ClFN3O5/c1-26(2,3)37-25(34)32-14-27(19-7-5-6-12-31-19)24(33)22-17(36-27)11-9-16(28)21(22)20-15(13-30)8-10-18(35-4)23(20)29/h5-12,24,33H,14H2,1-4H3,(H,32,34). The molecule has 4 rings (SSSR count). The highest BCUT2D eigenvalue weighted by atomic mass is 35.5. The van der Waals surface area contributed by atoms with Crippen molar-refractivity contribution in [2.45, 2.75) is 38.1 Å². The van der Waals surface area contributed by atoms with Gasteiger partial charge < -0.3 is 24.6 Å². The zero-order valence-electron chi connectivity index (χ0n) is 20.6. The maximum Gasteiger partial charge on any atom is 0.407 e. The number of nitrogens with one attached hydrogen (secondary N) is 1. The molecule has 0 spiro atoms. The number of ether oxygens (including phenoxy) is 3. The molecule has 0 fully saturated rings. The van der Waals surface area contributed by atoms with E-state index < -0.39 is 29.2 Å². The zero-order valence-corrected chi connectivity index (χ0v) is 21.4. The number of alkyl carbamates (subject to hydrolysis) is 1. The lowest BCUT2D eigenvalue weighted by Gasteiger charge is -2.32. The number of carbonyl (C=O) groups excluding carboxylic acids is 1. The second-order valence-electron chi connectivity index (χ2n) is 9.41. The Morgan fingerprint density at radius 3 is 2.65 bits per heavy atom. The van der Waals surface area contributed by atoms with Crippen LogP contribution in [0.25, 0.3) is 11.1 Å².